The molecule has 4 heteroatoms. The number of likely N-dealkylation sites (tertiary alicyclic amines) is 1. The van der Waals surface area contributed by atoms with Gasteiger partial charge in [-0.3, -0.25) is 4.79 Å². The average molecular weight is 239 g/mol. The molecule has 0 radical (unpaired) electrons. The molecule has 2 nitrogen and oxygen atoms in total. The number of carbonyl (C=O) groups is 1. The molecule has 0 N–H and O–H groups in total. The van der Waals surface area contributed by atoms with Gasteiger partial charge in [0.15, 0.2) is 0 Å². The first kappa shape index (κ1) is 12.0. The van der Waals surface area contributed by atoms with Crippen molar-refractivity contribution < 1.29 is 13.6 Å². The molecule has 0 aliphatic carbocycles. The van der Waals surface area contributed by atoms with Crippen LogP contribution in [0.1, 0.15) is 29.6 Å². The monoisotopic (exact) mass is 239 g/mol. The van der Waals surface area contributed by atoms with Gasteiger partial charge in [0.05, 0.1) is 0 Å². The standard InChI is InChI=1S/C13H15F2NO/c14-11-2-1-8-16(9-7-11)13(17)10-3-5-12(15)6-4-10/h3-6,11H,1-2,7-9H2. The van der Waals surface area contributed by atoms with E-state index in [9.17, 15) is 13.6 Å². The fraction of sp³-hybridized carbons (Fsp3) is 0.462. The van der Waals surface area contributed by atoms with Crippen molar-refractivity contribution in [2.75, 3.05) is 13.1 Å². The van der Waals surface area contributed by atoms with Gasteiger partial charge in [0, 0.05) is 18.7 Å². The molecule has 1 saturated heterocycles. The van der Waals surface area contributed by atoms with Crippen LogP contribution in [0.5, 0.6) is 0 Å². The van der Waals surface area contributed by atoms with Crippen molar-refractivity contribution in [3.8, 4) is 0 Å². The van der Waals surface area contributed by atoms with Crippen LogP contribution >= 0.6 is 0 Å². The molecule has 0 bridgehead atoms. The zero-order chi connectivity index (χ0) is 12.3. The van der Waals surface area contributed by atoms with Crippen LogP contribution < -0.4 is 0 Å². The Labute approximate surface area is 99.2 Å². The Balaban J connectivity index is 2.06. The molecule has 0 aromatic heterocycles. The van der Waals surface area contributed by atoms with Gasteiger partial charge in [-0.2, -0.15) is 0 Å². The van der Waals surface area contributed by atoms with Crippen LogP contribution in [-0.2, 0) is 0 Å². The Bertz CT molecular complexity index is 391. The van der Waals surface area contributed by atoms with Gasteiger partial charge in [0.2, 0.25) is 0 Å². The molecule has 17 heavy (non-hydrogen) atoms. The highest BCUT2D eigenvalue weighted by atomic mass is 19.1. The van der Waals surface area contributed by atoms with E-state index in [4.69, 9.17) is 0 Å². The lowest BCUT2D eigenvalue weighted by Crippen LogP contribution is -2.32. The second-order valence-electron chi connectivity index (χ2n) is 4.33. The van der Waals surface area contributed by atoms with Crippen LogP contribution in [0.4, 0.5) is 8.78 Å². The van der Waals surface area contributed by atoms with Crippen LogP contribution in [0.15, 0.2) is 24.3 Å². The van der Waals surface area contributed by atoms with Crippen LogP contribution in [-0.4, -0.2) is 30.1 Å². The largest absolute Gasteiger partial charge is 0.339 e. The summed E-state index contributed by atoms with van der Waals surface area (Å²) in [6, 6.07) is 5.47. The minimum atomic E-state index is -0.805. The number of alkyl halides is 1. The van der Waals surface area contributed by atoms with Crippen LogP contribution in [0.2, 0.25) is 0 Å². The number of carbonyl (C=O) groups excluding carboxylic acids is 1. The quantitative estimate of drug-likeness (QED) is 0.738. The van der Waals surface area contributed by atoms with Crippen molar-refractivity contribution in [3.05, 3.63) is 35.6 Å². The molecule has 1 fully saturated rings. The van der Waals surface area contributed by atoms with Crippen molar-refractivity contribution in [1.29, 1.82) is 0 Å². The number of rotatable bonds is 1. The first-order valence-corrected chi connectivity index (χ1v) is 5.86. The minimum absolute atomic E-state index is 0.140. The molecule has 2 rings (SSSR count). The van der Waals surface area contributed by atoms with E-state index >= 15 is 0 Å². The summed E-state index contributed by atoms with van der Waals surface area (Å²) in [5.74, 6) is -0.500. The van der Waals surface area contributed by atoms with Crippen molar-refractivity contribution >= 4 is 5.91 Å². The Morgan fingerprint density at radius 2 is 1.88 bits per heavy atom. The smallest absolute Gasteiger partial charge is 0.253 e. The molecule has 1 heterocycles. The van der Waals surface area contributed by atoms with E-state index in [1.807, 2.05) is 0 Å². The maximum atomic E-state index is 13.1. The average Bonchev–Trinajstić information content (AvgIpc) is 2.54. The fourth-order valence-electron chi connectivity index (χ4n) is 2.03. The molecule has 1 amide bonds. The normalized spacial score (nSPS) is 21.1. The zero-order valence-electron chi connectivity index (χ0n) is 9.53. The Morgan fingerprint density at radius 3 is 2.59 bits per heavy atom. The molecule has 1 atom stereocenters. The number of nitrogens with zero attached hydrogens (tertiary/aromatic N) is 1. The van der Waals surface area contributed by atoms with Gasteiger partial charge in [-0.15, -0.1) is 0 Å². The molecular weight excluding hydrogens is 224 g/mol. The number of hydrogen-bond acceptors (Lipinski definition) is 1. The van der Waals surface area contributed by atoms with Gasteiger partial charge in [-0.05, 0) is 43.5 Å². The lowest BCUT2D eigenvalue weighted by atomic mass is 10.2. The Kier molecular flexibility index (Phi) is 3.71. The van der Waals surface area contributed by atoms with Crippen LogP contribution in [0.3, 0.4) is 0 Å². The molecule has 0 saturated carbocycles. The summed E-state index contributed by atoms with van der Waals surface area (Å²) < 4.78 is 25.9. The van der Waals surface area contributed by atoms with E-state index in [0.717, 1.165) is 0 Å². The van der Waals surface area contributed by atoms with Gasteiger partial charge in [-0.25, -0.2) is 8.78 Å². The third kappa shape index (κ3) is 3.02. The van der Waals surface area contributed by atoms with Gasteiger partial charge in [-0.1, -0.05) is 0 Å². The minimum Gasteiger partial charge on any atom is -0.339 e. The predicted molar refractivity (Wildman–Crippen MR) is 61.1 cm³/mol. The number of benzene rings is 1. The summed E-state index contributed by atoms with van der Waals surface area (Å²) in [6.07, 6.45) is 0.801. The van der Waals surface area contributed by atoms with E-state index in [0.29, 0.717) is 37.9 Å². The molecule has 92 valence electrons. The predicted octanol–water partition coefficient (Wildman–Crippen LogP) is 2.79. The second kappa shape index (κ2) is 5.25. The van der Waals surface area contributed by atoms with Crippen LogP contribution in [0.25, 0.3) is 0 Å². The maximum absolute atomic E-state index is 13.1. The SMILES string of the molecule is O=C(c1ccc(F)cc1)N1CCCC(F)CC1. The highest BCUT2D eigenvalue weighted by molar-refractivity contribution is 5.94. The molecule has 1 aliphatic heterocycles. The number of amides is 1. The van der Waals surface area contributed by atoms with E-state index < -0.39 is 6.17 Å². The highest BCUT2D eigenvalue weighted by Gasteiger charge is 2.20. The third-order valence-electron chi connectivity index (χ3n) is 3.04. The summed E-state index contributed by atoms with van der Waals surface area (Å²) in [5.41, 5.74) is 0.462. The molecule has 1 aromatic rings. The molecular formula is C13H15F2NO. The highest BCUT2D eigenvalue weighted by Crippen LogP contribution is 2.16. The van der Waals surface area contributed by atoms with E-state index in [-0.39, 0.29) is 11.7 Å². The summed E-state index contributed by atoms with van der Waals surface area (Å²) in [7, 11) is 0. The van der Waals surface area contributed by atoms with Crippen LogP contribution in [0, 0.1) is 5.82 Å². The summed E-state index contributed by atoms with van der Waals surface area (Å²) in [6.45, 7) is 1.02. The van der Waals surface area contributed by atoms with E-state index in [1.54, 1.807) is 4.90 Å². The molecule has 1 aromatic carbocycles. The first-order valence-electron chi connectivity index (χ1n) is 5.86. The van der Waals surface area contributed by atoms with Crippen molar-refractivity contribution in [2.45, 2.75) is 25.4 Å². The van der Waals surface area contributed by atoms with Gasteiger partial charge >= 0.3 is 0 Å². The second-order valence-corrected chi connectivity index (χ2v) is 4.33. The third-order valence-corrected chi connectivity index (χ3v) is 3.04. The molecule has 1 unspecified atom stereocenters. The summed E-state index contributed by atoms with van der Waals surface area (Å²) >= 11 is 0. The Morgan fingerprint density at radius 1 is 1.18 bits per heavy atom. The van der Waals surface area contributed by atoms with Gasteiger partial charge in [0.25, 0.3) is 5.91 Å². The van der Waals surface area contributed by atoms with E-state index in [1.165, 1.54) is 24.3 Å². The fourth-order valence-corrected chi connectivity index (χ4v) is 2.03. The molecule has 1 aliphatic rings. The number of hydrogen-bond donors (Lipinski definition) is 0. The van der Waals surface area contributed by atoms with E-state index in [2.05, 4.69) is 0 Å². The maximum Gasteiger partial charge on any atom is 0.253 e. The van der Waals surface area contributed by atoms with Gasteiger partial charge < -0.3 is 4.90 Å². The lowest BCUT2D eigenvalue weighted by molar-refractivity contribution is 0.0759. The summed E-state index contributed by atoms with van der Waals surface area (Å²) in [5, 5.41) is 0. The van der Waals surface area contributed by atoms with Crippen molar-refractivity contribution in [1.82, 2.24) is 4.90 Å². The molecule has 0 spiro atoms. The lowest BCUT2D eigenvalue weighted by Gasteiger charge is -2.20. The first-order chi connectivity index (χ1) is 8.16. The number of halogens is 2. The zero-order valence-corrected chi connectivity index (χ0v) is 9.53. The van der Waals surface area contributed by atoms with Crippen molar-refractivity contribution in [2.24, 2.45) is 0 Å². The Hall–Kier alpha value is -1.45. The topological polar surface area (TPSA) is 20.3 Å². The summed E-state index contributed by atoms with van der Waals surface area (Å²) in [4.78, 5) is 13.7. The van der Waals surface area contributed by atoms with Crippen molar-refractivity contribution in [3.63, 3.8) is 0 Å². The van der Waals surface area contributed by atoms with Gasteiger partial charge in [0.1, 0.15) is 12.0 Å².